The minimum absolute atomic E-state index is 0.0299. The molecule has 2 saturated heterocycles. The zero-order valence-corrected chi connectivity index (χ0v) is 15.5. The number of carbonyl (C=O) groups excluding carboxylic acids is 4. The second kappa shape index (κ2) is 6.77. The standard InChI is InChI=1S/C19H22N4O5/c1-22(19(10-24)8-20-9-19)7-11-2-3-12-13(6-11)18(28)23(17(12)27)14-4-5-15(25)21-16(14)26/h2-3,6,14,20,24H,4-5,7-10H2,1H3,(H,21,25,26). The number of aliphatic hydroxyl groups is 1. The minimum Gasteiger partial charge on any atom is -0.394 e. The monoisotopic (exact) mass is 386 g/mol. The van der Waals surface area contributed by atoms with E-state index in [1.54, 1.807) is 18.2 Å². The van der Waals surface area contributed by atoms with Crippen LogP contribution < -0.4 is 10.6 Å². The summed E-state index contributed by atoms with van der Waals surface area (Å²) in [4.78, 5) is 52.0. The van der Waals surface area contributed by atoms with Gasteiger partial charge < -0.3 is 10.4 Å². The molecular formula is C19H22N4O5. The molecule has 3 heterocycles. The van der Waals surface area contributed by atoms with Crippen LogP contribution in [0.15, 0.2) is 18.2 Å². The maximum atomic E-state index is 12.9. The van der Waals surface area contributed by atoms with E-state index in [0.29, 0.717) is 19.6 Å². The second-order valence-electron chi connectivity index (χ2n) is 7.67. The molecule has 148 valence electrons. The van der Waals surface area contributed by atoms with Crippen molar-refractivity contribution in [1.29, 1.82) is 0 Å². The molecule has 0 aliphatic carbocycles. The van der Waals surface area contributed by atoms with Crippen molar-refractivity contribution in [1.82, 2.24) is 20.4 Å². The van der Waals surface area contributed by atoms with E-state index in [0.717, 1.165) is 10.5 Å². The smallest absolute Gasteiger partial charge is 0.262 e. The van der Waals surface area contributed by atoms with Crippen LogP contribution in [-0.4, -0.2) is 76.9 Å². The molecule has 0 saturated carbocycles. The van der Waals surface area contributed by atoms with Gasteiger partial charge in [0, 0.05) is 26.1 Å². The zero-order valence-electron chi connectivity index (χ0n) is 15.5. The third-order valence-corrected chi connectivity index (χ3v) is 5.94. The lowest BCUT2D eigenvalue weighted by Crippen LogP contribution is -2.69. The van der Waals surface area contributed by atoms with Crippen LogP contribution in [0, 0.1) is 0 Å². The number of hydrogen-bond acceptors (Lipinski definition) is 7. The van der Waals surface area contributed by atoms with Gasteiger partial charge in [-0.3, -0.25) is 34.3 Å². The third-order valence-electron chi connectivity index (χ3n) is 5.94. The topological polar surface area (TPSA) is 119 Å². The Labute approximate surface area is 161 Å². The van der Waals surface area contributed by atoms with Crippen LogP contribution in [0.2, 0.25) is 0 Å². The van der Waals surface area contributed by atoms with Crippen molar-refractivity contribution in [3.63, 3.8) is 0 Å². The van der Waals surface area contributed by atoms with E-state index in [-0.39, 0.29) is 36.1 Å². The molecule has 9 nitrogen and oxygen atoms in total. The van der Waals surface area contributed by atoms with Crippen LogP contribution in [0.1, 0.15) is 39.1 Å². The Bertz CT molecular complexity index is 874. The molecule has 3 aliphatic rings. The summed E-state index contributed by atoms with van der Waals surface area (Å²) in [7, 11) is 1.91. The number of aliphatic hydroxyl groups excluding tert-OH is 1. The molecule has 28 heavy (non-hydrogen) atoms. The molecule has 2 fully saturated rings. The molecule has 3 N–H and O–H groups in total. The Morgan fingerprint density at radius 2 is 1.89 bits per heavy atom. The van der Waals surface area contributed by atoms with Crippen molar-refractivity contribution in [2.24, 2.45) is 0 Å². The number of nitrogens with zero attached hydrogens (tertiary/aromatic N) is 2. The van der Waals surface area contributed by atoms with Gasteiger partial charge in [-0.1, -0.05) is 6.07 Å². The van der Waals surface area contributed by atoms with Crippen molar-refractivity contribution in [2.75, 3.05) is 26.7 Å². The van der Waals surface area contributed by atoms with E-state index in [4.69, 9.17) is 0 Å². The van der Waals surface area contributed by atoms with E-state index >= 15 is 0 Å². The summed E-state index contributed by atoms with van der Waals surface area (Å²) < 4.78 is 0. The number of amides is 4. The van der Waals surface area contributed by atoms with Gasteiger partial charge in [-0.05, 0) is 31.2 Å². The zero-order chi connectivity index (χ0) is 20.1. The number of imide groups is 2. The largest absolute Gasteiger partial charge is 0.394 e. The fourth-order valence-corrected chi connectivity index (χ4v) is 3.97. The number of likely N-dealkylation sites (N-methyl/N-ethyl adjacent to an activating group) is 1. The molecule has 4 amide bonds. The number of benzene rings is 1. The van der Waals surface area contributed by atoms with Crippen LogP contribution in [0.25, 0.3) is 0 Å². The molecule has 4 rings (SSSR count). The summed E-state index contributed by atoms with van der Waals surface area (Å²) in [6.45, 7) is 1.91. The maximum absolute atomic E-state index is 12.9. The molecular weight excluding hydrogens is 364 g/mol. The van der Waals surface area contributed by atoms with Gasteiger partial charge in [-0.2, -0.15) is 0 Å². The quantitative estimate of drug-likeness (QED) is 0.547. The lowest BCUT2D eigenvalue weighted by atomic mass is 9.91. The van der Waals surface area contributed by atoms with E-state index in [1.807, 2.05) is 11.9 Å². The summed E-state index contributed by atoms with van der Waals surface area (Å²) >= 11 is 0. The number of carbonyl (C=O) groups is 4. The second-order valence-corrected chi connectivity index (χ2v) is 7.67. The Morgan fingerprint density at radius 1 is 1.18 bits per heavy atom. The first-order chi connectivity index (χ1) is 13.4. The molecule has 0 aromatic heterocycles. The average molecular weight is 386 g/mol. The fourth-order valence-electron chi connectivity index (χ4n) is 3.97. The molecule has 0 bridgehead atoms. The highest BCUT2D eigenvalue weighted by molar-refractivity contribution is 6.23. The highest BCUT2D eigenvalue weighted by Gasteiger charge is 2.45. The predicted molar refractivity (Wildman–Crippen MR) is 97.3 cm³/mol. The van der Waals surface area contributed by atoms with Crippen molar-refractivity contribution in [3.8, 4) is 0 Å². The Morgan fingerprint density at radius 3 is 2.50 bits per heavy atom. The molecule has 1 aromatic carbocycles. The summed E-state index contributed by atoms with van der Waals surface area (Å²) in [6, 6.07) is 4.10. The molecule has 1 unspecified atom stereocenters. The van der Waals surface area contributed by atoms with E-state index in [2.05, 4.69) is 10.6 Å². The van der Waals surface area contributed by atoms with Gasteiger partial charge in [-0.25, -0.2) is 0 Å². The van der Waals surface area contributed by atoms with Crippen LogP contribution in [-0.2, 0) is 16.1 Å². The fraction of sp³-hybridized carbons (Fsp3) is 0.474. The molecule has 0 radical (unpaired) electrons. The summed E-state index contributed by atoms with van der Waals surface area (Å²) in [5, 5.41) is 15.0. The Hall–Kier alpha value is -2.62. The minimum atomic E-state index is -0.963. The lowest BCUT2D eigenvalue weighted by Gasteiger charge is -2.48. The highest BCUT2D eigenvalue weighted by Crippen LogP contribution is 2.29. The first-order valence-electron chi connectivity index (χ1n) is 9.24. The van der Waals surface area contributed by atoms with Crippen molar-refractivity contribution >= 4 is 23.6 Å². The molecule has 3 aliphatic heterocycles. The SMILES string of the molecule is CN(Cc1ccc2c(c1)C(=O)N(C1CCC(=O)NC1=O)C2=O)C1(CO)CNC1. The van der Waals surface area contributed by atoms with Gasteiger partial charge >= 0.3 is 0 Å². The number of nitrogens with one attached hydrogen (secondary N) is 2. The van der Waals surface area contributed by atoms with Crippen molar-refractivity contribution in [2.45, 2.75) is 31.0 Å². The first kappa shape index (κ1) is 18.7. The van der Waals surface area contributed by atoms with Crippen molar-refractivity contribution < 1.29 is 24.3 Å². The summed E-state index contributed by atoms with van der Waals surface area (Å²) in [6.07, 6.45) is 0.231. The molecule has 1 aromatic rings. The van der Waals surface area contributed by atoms with E-state index in [9.17, 15) is 24.3 Å². The van der Waals surface area contributed by atoms with Gasteiger partial charge in [0.2, 0.25) is 11.8 Å². The first-order valence-corrected chi connectivity index (χ1v) is 9.24. The Balaban J connectivity index is 1.56. The third kappa shape index (κ3) is 2.83. The van der Waals surface area contributed by atoms with Gasteiger partial charge in [0.25, 0.3) is 11.8 Å². The molecule has 0 spiro atoms. The van der Waals surface area contributed by atoms with Gasteiger partial charge in [-0.15, -0.1) is 0 Å². The summed E-state index contributed by atoms with van der Waals surface area (Å²) in [5.74, 6) is -2.04. The van der Waals surface area contributed by atoms with Gasteiger partial charge in [0.15, 0.2) is 0 Å². The van der Waals surface area contributed by atoms with Crippen molar-refractivity contribution in [3.05, 3.63) is 34.9 Å². The lowest BCUT2D eigenvalue weighted by molar-refractivity contribution is -0.136. The molecule has 1 atom stereocenters. The average Bonchev–Trinajstić information content (AvgIpc) is 2.86. The number of piperidine rings is 1. The van der Waals surface area contributed by atoms with E-state index in [1.165, 1.54) is 0 Å². The van der Waals surface area contributed by atoms with Crippen LogP contribution >= 0.6 is 0 Å². The number of hydrogen-bond donors (Lipinski definition) is 3. The van der Waals surface area contributed by atoms with Gasteiger partial charge in [0.05, 0.1) is 23.3 Å². The predicted octanol–water partition coefficient (Wildman–Crippen LogP) is -1.15. The number of fused-ring (bicyclic) bond motifs is 1. The summed E-state index contributed by atoms with van der Waals surface area (Å²) in [5.41, 5.74) is 1.05. The maximum Gasteiger partial charge on any atom is 0.262 e. The number of rotatable bonds is 5. The van der Waals surface area contributed by atoms with Gasteiger partial charge in [0.1, 0.15) is 6.04 Å². The highest BCUT2D eigenvalue weighted by atomic mass is 16.3. The Kier molecular flexibility index (Phi) is 4.53. The van der Waals surface area contributed by atoms with Crippen LogP contribution in [0.3, 0.4) is 0 Å². The van der Waals surface area contributed by atoms with Crippen LogP contribution in [0.4, 0.5) is 0 Å². The molecule has 9 heteroatoms. The van der Waals surface area contributed by atoms with E-state index < -0.39 is 29.7 Å². The normalized spacial score (nSPS) is 23.7. The van der Waals surface area contributed by atoms with Crippen LogP contribution in [0.5, 0.6) is 0 Å².